The first kappa shape index (κ1) is 19.2. The Hall–Kier alpha value is -3.52. The van der Waals surface area contributed by atoms with Gasteiger partial charge in [0.2, 0.25) is 0 Å². The molecule has 0 amide bonds. The van der Waals surface area contributed by atoms with Crippen molar-refractivity contribution in [3.63, 3.8) is 0 Å². The predicted octanol–water partition coefficient (Wildman–Crippen LogP) is 5.00. The first-order valence-corrected chi connectivity index (χ1v) is 9.02. The number of carbonyl (C=O) groups is 1. The Morgan fingerprint density at radius 2 is 2.04 bits per heavy atom. The molecule has 0 aliphatic carbocycles. The van der Waals surface area contributed by atoms with Crippen LogP contribution in [0.2, 0.25) is 0 Å². The molecular formula is C20H14FNO5S. The van der Waals surface area contributed by atoms with Crippen LogP contribution in [0.15, 0.2) is 59.3 Å². The van der Waals surface area contributed by atoms with Crippen LogP contribution in [0.25, 0.3) is 11.6 Å². The van der Waals surface area contributed by atoms with Gasteiger partial charge in [-0.3, -0.25) is 10.1 Å². The van der Waals surface area contributed by atoms with E-state index in [9.17, 15) is 24.4 Å². The molecule has 3 rings (SSSR count). The van der Waals surface area contributed by atoms with Crippen molar-refractivity contribution < 1.29 is 24.0 Å². The molecule has 1 N–H and O–H groups in total. The number of ether oxygens (including phenoxy) is 1. The van der Waals surface area contributed by atoms with Gasteiger partial charge in [-0.05, 0) is 46.7 Å². The van der Waals surface area contributed by atoms with Gasteiger partial charge in [0, 0.05) is 11.6 Å². The van der Waals surface area contributed by atoms with Gasteiger partial charge in [0.1, 0.15) is 18.2 Å². The molecule has 0 aliphatic heterocycles. The van der Waals surface area contributed by atoms with Gasteiger partial charge in [0.05, 0.1) is 16.1 Å². The second-order valence-electron chi connectivity index (χ2n) is 5.74. The molecule has 6 nitrogen and oxygen atoms in total. The molecule has 0 fully saturated rings. The van der Waals surface area contributed by atoms with Crippen molar-refractivity contribution in [1.82, 2.24) is 0 Å². The standard InChI is InChI=1S/C20H14FNO5S/c21-18-4-2-1-3-16(18)17(20(23)24)10-14-9-15(5-6-19(14)22(25)26)27-11-13-7-8-28-12-13/h1-10,12H,11H2,(H,23,24)/b17-10+. The van der Waals surface area contributed by atoms with Crippen LogP contribution in [0.5, 0.6) is 5.75 Å². The summed E-state index contributed by atoms with van der Waals surface area (Å²) in [5.41, 5.74) is 0.0922. The van der Waals surface area contributed by atoms with E-state index < -0.39 is 22.3 Å². The summed E-state index contributed by atoms with van der Waals surface area (Å²) in [6, 6.07) is 11.3. The predicted molar refractivity (Wildman–Crippen MR) is 104 cm³/mol. The molecule has 0 aliphatic rings. The maximum Gasteiger partial charge on any atom is 0.336 e. The molecule has 3 aromatic rings. The molecule has 0 atom stereocenters. The molecule has 8 heteroatoms. The van der Waals surface area contributed by atoms with Crippen molar-refractivity contribution in [2.24, 2.45) is 0 Å². The van der Waals surface area contributed by atoms with E-state index in [2.05, 4.69) is 0 Å². The van der Waals surface area contributed by atoms with Gasteiger partial charge in [-0.2, -0.15) is 11.3 Å². The molecular weight excluding hydrogens is 385 g/mol. The van der Waals surface area contributed by atoms with Crippen molar-refractivity contribution >= 4 is 34.6 Å². The van der Waals surface area contributed by atoms with Gasteiger partial charge >= 0.3 is 5.97 Å². The minimum absolute atomic E-state index is 0.00784. The molecule has 1 heterocycles. The number of carboxylic acid groups (broad SMARTS) is 1. The van der Waals surface area contributed by atoms with Crippen LogP contribution < -0.4 is 4.74 Å². The molecule has 0 bridgehead atoms. The van der Waals surface area contributed by atoms with Crippen LogP contribution in [-0.2, 0) is 11.4 Å². The lowest BCUT2D eigenvalue weighted by molar-refractivity contribution is -0.385. The molecule has 142 valence electrons. The fourth-order valence-corrected chi connectivity index (χ4v) is 3.19. The van der Waals surface area contributed by atoms with Gasteiger partial charge in [0.25, 0.3) is 5.69 Å². The van der Waals surface area contributed by atoms with Gasteiger partial charge in [-0.15, -0.1) is 0 Å². The summed E-state index contributed by atoms with van der Waals surface area (Å²) in [5.74, 6) is -1.80. The van der Waals surface area contributed by atoms with E-state index in [-0.39, 0.29) is 23.4 Å². The van der Waals surface area contributed by atoms with Crippen molar-refractivity contribution in [3.05, 3.63) is 91.9 Å². The SMILES string of the molecule is O=C(O)/C(=C/c1cc(OCc2ccsc2)ccc1[N+](=O)[O-])c1ccccc1F. The number of benzene rings is 2. The van der Waals surface area contributed by atoms with E-state index in [4.69, 9.17) is 4.74 Å². The zero-order valence-corrected chi connectivity index (χ0v) is 15.2. The molecule has 2 aromatic carbocycles. The van der Waals surface area contributed by atoms with Crippen LogP contribution in [0.3, 0.4) is 0 Å². The topological polar surface area (TPSA) is 89.7 Å². The quantitative estimate of drug-likeness (QED) is 0.261. The summed E-state index contributed by atoms with van der Waals surface area (Å²) >= 11 is 1.52. The maximum atomic E-state index is 14.1. The average Bonchev–Trinajstić information content (AvgIpc) is 3.18. The normalized spacial score (nSPS) is 11.2. The van der Waals surface area contributed by atoms with Crippen molar-refractivity contribution in [2.45, 2.75) is 6.61 Å². The number of nitro benzene ring substituents is 1. The third kappa shape index (κ3) is 4.41. The van der Waals surface area contributed by atoms with Gasteiger partial charge in [0.15, 0.2) is 0 Å². The highest BCUT2D eigenvalue weighted by Gasteiger charge is 2.19. The lowest BCUT2D eigenvalue weighted by atomic mass is 10.0. The fourth-order valence-electron chi connectivity index (χ4n) is 2.54. The van der Waals surface area contributed by atoms with Crippen LogP contribution in [0.4, 0.5) is 10.1 Å². The third-order valence-corrected chi connectivity index (χ3v) is 4.61. The van der Waals surface area contributed by atoms with Crippen molar-refractivity contribution in [1.29, 1.82) is 0 Å². The van der Waals surface area contributed by atoms with Crippen molar-refractivity contribution in [3.8, 4) is 5.75 Å². The number of thiophene rings is 1. The summed E-state index contributed by atoms with van der Waals surface area (Å²) in [5, 5.41) is 24.7. The second kappa shape index (κ2) is 8.45. The Kier molecular flexibility index (Phi) is 5.81. The lowest BCUT2D eigenvalue weighted by Gasteiger charge is -2.08. The van der Waals surface area contributed by atoms with E-state index >= 15 is 0 Å². The monoisotopic (exact) mass is 399 g/mol. The maximum absolute atomic E-state index is 14.1. The van der Waals surface area contributed by atoms with E-state index in [1.807, 2.05) is 16.8 Å². The summed E-state index contributed by atoms with van der Waals surface area (Å²) in [6.07, 6.45) is 1.08. The highest BCUT2D eigenvalue weighted by molar-refractivity contribution is 7.07. The summed E-state index contributed by atoms with van der Waals surface area (Å²) in [6.45, 7) is 0.267. The molecule has 1 aromatic heterocycles. The molecule has 0 radical (unpaired) electrons. The lowest BCUT2D eigenvalue weighted by Crippen LogP contribution is -2.03. The minimum atomic E-state index is -1.40. The second-order valence-corrected chi connectivity index (χ2v) is 6.52. The summed E-state index contributed by atoms with van der Waals surface area (Å²) in [4.78, 5) is 22.4. The van der Waals surface area contributed by atoms with Crippen molar-refractivity contribution in [2.75, 3.05) is 0 Å². The number of carboxylic acids is 1. The number of hydrogen-bond acceptors (Lipinski definition) is 5. The van der Waals surface area contributed by atoms with E-state index in [1.165, 1.54) is 47.7 Å². The number of halogens is 1. The van der Waals surface area contributed by atoms with Crippen LogP contribution in [-0.4, -0.2) is 16.0 Å². The number of nitro groups is 1. The first-order chi connectivity index (χ1) is 13.5. The number of rotatable bonds is 7. The zero-order valence-electron chi connectivity index (χ0n) is 14.4. The largest absolute Gasteiger partial charge is 0.489 e. The molecule has 28 heavy (non-hydrogen) atoms. The van der Waals surface area contributed by atoms with Gasteiger partial charge in [-0.1, -0.05) is 18.2 Å². The summed E-state index contributed by atoms with van der Waals surface area (Å²) < 4.78 is 19.7. The Bertz CT molecular complexity index is 1050. The molecule has 0 saturated heterocycles. The summed E-state index contributed by atoms with van der Waals surface area (Å²) in [7, 11) is 0. The average molecular weight is 399 g/mol. The fraction of sp³-hybridized carbons (Fsp3) is 0.0500. The highest BCUT2D eigenvalue weighted by Crippen LogP contribution is 2.30. The van der Waals surface area contributed by atoms with E-state index in [0.29, 0.717) is 5.75 Å². The highest BCUT2D eigenvalue weighted by atomic mass is 32.1. The van der Waals surface area contributed by atoms with Crippen LogP contribution in [0.1, 0.15) is 16.7 Å². The van der Waals surface area contributed by atoms with Gasteiger partial charge < -0.3 is 9.84 Å². The first-order valence-electron chi connectivity index (χ1n) is 8.08. The zero-order chi connectivity index (χ0) is 20.1. The molecule has 0 saturated carbocycles. The minimum Gasteiger partial charge on any atom is -0.489 e. The Balaban J connectivity index is 2.02. The number of hydrogen-bond donors (Lipinski definition) is 1. The van der Waals surface area contributed by atoms with Gasteiger partial charge in [-0.25, -0.2) is 9.18 Å². The Labute approximate surface area is 163 Å². The third-order valence-electron chi connectivity index (χ3n) is 3.88. The van der Waals surface area contributed by atoms with Crippen LogP contribution >= 0.6 is 11.3 Å². The number of nitrogens with zero attached hydrogens (tertiary/aromatic N) is 1. The van der Waals surface area contributed by atoms with Crippen LogP contribution in [0, 0.1) is 15.9 Å². The van der Waals surface area contributed by atoms with E-state index in [1.54, 1.807) is 0 Å². The van der Waals surface area contributed by atoms with E-state index in [0.717, 1.165) is 17.7 Å². The molecule has 0 unspecified atom stereocenters. The smallest absolute Gasteiger partial charge is 0.336 e. The Morgan fingerprint density at radius 1 is 1.25 bits per heavy atom. The molecule has 0 spiro atoms. The number of aliphatic carboxylic acids is 1. The Morgan fingerprint density at radius 3 is 2.68 bits per heavy atom.